The topological polar surface area (TPSA) is 90.5 Å². The van der Waals surface area contributed by atoms with Crippen LogP contribution in [-0.4, -0.2) is 38.7 Å². The smallest absolute Gasteiger partial charge is 0.276 e. The minimum atomic E-state index is -0.272. The van der Waals surface area contributed by atoms with Gasteiger partial charge in [0.1, 0.15) is 17.0 Å². The van der Waals surface area contributed by atoms with E-state index in [1.165, 1.54) is 0 Å². The monoisotopic (exact) mass is 389 g/mol. The van der Waals surface area contributed by atoms with E-state index >= 15 is 0 Å². The Labute approximate surface area is 166 Å². The number of carbonyl (C=O) groups is 1. The predicted octanol–water partition coefficient (Wildman–Crippen LogP) is 2.00. The van der Waals surface area contributed by atoms with Crippen molar-refractivity contribution < 1.29 is 9.53 Å². The normalized spacial score (nSPS) is 10.8. The second-order valence-electron chi connectivity index (χ2n) is 6.36. The maximum absolute atomic E-state index is 12.8. The van der Waals surface area contributed by atoms with Gasteiger partial charge in [0.15, 0.2) is 0 Å². The lowest BCUT2D eigenvalue weighted by Crippen LogP contribution is -2.31. The number of nitrogens with one attached hydrogen (secondary N) is 1. The fourth-order valence-electron chi connectivity index (χ4n) is 2.98. The van der Waals surface area contributed by atoms with E-state index in [9.17, 15) is 9.59 Å². The predicted molar refractivity (Wildman–Crippen MR) is 108 cm³/mol. The van der Waals surface area contributed by atoms with E-state index in [0.29, 0.717) is 30.0 Å². The van der Waals surface area contributed by atoms with Crippen LogP contribution >= 0.6 is 0 Å². The van der Waals surface area contributed by atoms with Gasteiger partial charge >= 0.3 is 0 Å². The van der Waals surface area contributed by atoms with Crippen molar-refractivity contribution in [3.8, 4) is 17.0 Å². The molecule has 0 aliphatic rings. The summed E-state index contributed by atoms with van der Waals surface area (Å²) in [4.78, 5) is 28.8. The first-order valence-electron chi connectivity index (χ1n) is 9.08. The average molecular weight is 389 g/mol. The minimum Gasteiger partial charge on any atom is -0.497 e. The van der Waals surface area contributed by atoms with Crippen LogP contribution in [-0.2, 0) is 6.54 Å². The van der Waals surface area contributed by atoms with Gasteiger partial charge in [-0.3, -0.25) is 14.6 Å². The number of methoxy groups -OCH3 is 1. The highest BCUT2D eigenvalue weighted by atomic mass is 16.5. The summed E-state index contributed by atoms with van der Waals surface area (Å²) in [5, 5.41) is 7.24. The molecule has 0 saturated heterocycles. The zero-order valence-electron chi connectivity index (χ0n) is 15.8. The number of pyridine rings is 1. The molecule has 0 aliphatic heterocycles. The highest BCUT2D eigenvalue weighted by Gasteiger charge is 2.10. The summed E-state index contributed by atoms with van der Waals surface area (Å²) in [6.07, 6.45) is 4.95. The molecule has 0 radical (unpaired) electrons. The number of nitrogens with zero attached hydrogens (tertiary/aromatic N) is 4. The fourth-order valence-corrected chi connectivity index (χ4v) is 2.98. The SMILES string of the molecule is COc1ccc(-c2cc3c(=O)n(CCNC(=O)c4ccccn4)ccn3n2)cc1. The number of hydrogen-bond acceptors (Lipinski definition) is 5. The lowest BCUT2D eigenvalue weighted by Gasteiger charge is -2.07. The Morgan fingerprint density at radius 3 is 2.69 bits per heavy atom. The molecule has 1 amide bonds. The Morgan fingerprint density at radius 2 is 1.97 bits per heavy atom. The van der Waals surface area contributed by atoms with Crippen LogP contribution in [0.3, 0.4) is 0 Å². The van der Waals surface area contributed by atoms with Crippen LogP contribution in [0.25, 0.3) is 16.8 Å². The highest BCUT2D eigenvalue weighted by molar-refractivity contribution is 5.92. The van der Waals surface area contributed by atoms with Gasteiger partial charge in [0.2, 0.25) is 0 Å². The van der Waals surface area contributed by atoms with Gasteiger partial charge < -0.3 is 14.6 Å². The van der Waals surface area contributed by atoms with E-state index in [4.69, 9.17) is 4.74 Å². The number of hydrogen-bond donors (Lipinski definition) is 1. The third kappa shape index (κ3) is 3.86. The molecule has 0 fully saturated rings. The zero-order valence-corrected chi connectivity index (χ0v) is 15.8. The summed E-state index contributed by atoms with van der Waals surface area (Å²) in [5.41, 5.74) is 2.23. The first kappa shape index (κ1) is 18.4. The third-order valence-corrected chi connectivity index (χ3v) is 4.53. The van der Waals surface area contributed by atoms with E-state index in [-0.39, 0.29) is 11.5 Å². The Kier molecular flexibility index (Phi) is 5.07. The Hall–Kier alpha value is -3.94. The Morgan fingerprint density at radius 1 is 1.14 bits per heavy atom. The number of fused-ring (bicyclic) bond motifs is 1. The third-order valence-electron chi connectivity index (χ3n) is 4.53. The van der Waals surface area contributed by atoms with E-state index in [2.05, 4.69) is 15.4 Å². The summed E-state index contributed by atoms with van der Waals surface area (Å²) in [7, 11) is 1.61. The van der Waals surface area contributed by atoms with E-state index < -0.39 is 0 Å². The molecule has 0 saturated carbocycles. The molecule has 8 heteroatoms. The van der Waals surface area contributed by atoms with Crippen molar-refractivity contribution in [2.75, 3.05) is 13.7 Å². The van der Waals surface area contributed by atoms with Crippen LogP contribution in [0.2, 0.25) is 0 Å². The molecular weight excluding hydrogens is 370 g/mol. The van der Waals surface area contributed by atoms with Crippen LogP contribution < -0.4 is 15.6 Å². The van der Waals surface area contributed by atoms with E-state index in [1.807, 2.05) is 24.3 Å². The zero-order chi connectivity index (χ0) is 20.2. The number of rotatable bonds is 6. The van der Waals surface area contributed by atoms with Gasteiger partial charge in [-0.05, 0) is 42.5 Å². The number of aromatic nitrogens is 4. The van der Waals surface area contributed by atoms with Crippen LogP contribution in [0.4, 0.5) is 0 Å². The fraction of sp³-hybridized carbons (Fsp3) is 0.143. The van der Waals surface area contributed by atoms with Crippen molar-refractivity contribution in [1.29, 1.82) is 0 Å². The van der Waals surface area contributed by atoms with Crippen LogP contribution in [0.15, 0.2) is 71.9 Å². The molecule has 3 heterocycles. The number of ether oxygens (including phenoxy) is 1. The van der Waals surface area contributed by atoms with Crippen molar-refractivity contribution in [1.82, 2.24) is 24.5 Å². The lowest BCUT2D eigenvalue weighted by molar-refractivity contribution is 0.0947. The number of carbonyl (C=O) groups excluding carboxylic acids is 1. The van der Waals surface area contributed by atoms with Gasteiger partial charge in [0.05, 0.1) is 12.8 Å². The first-order chi connectivity index (χ1) is 14.2. The second kappa shape index (κ2) is 7.97. The molecule has 3 aromatic heterocycles. The lowest BCUT2D eigenvalue weighted by atomic mass is 10.1. The van der Waals surface area contributed by atoms with Gasteiger partial charge in [-0.25, -0.2) is 4.52 Å². The summed E-state index contributed by atoms with van der Waals surface area (Å²) >= 11 is 0. The maximum Gasteiger partial charge on any atom is 0.276 e. The molecule has 1 aromatic carbocycles. The first-order valence-corrected chi connectivity index (χ1v) is 9.08. The summed E-state index contributed by atoms with van der Waals surface area (Å²) in [5.74, 6) is 0.485. The average Bonchev–Trinajstić information content (AvgIpc) is 3.21. The molecule has 0 bridgehead atoms. The van der Waals surface area contributed by atoms with Crippen LogP contribution in [0.5, 0.6) is 5.75 Å². The van der Waals surface area contributed by atoms with E-state index in [0.717, 1.165) is 11.3 Å². The van der Waals surface area contributed by atoms with E-state index in [1.54, 1.807) is 59.0 Å². The summed E-state index contributed by atoms with van der Waals surface area (Å²) in [6.45, 7) is 0.655. The Balaban J connectivity index is 1.50. The van der Waals surface area contributed by atoms with Crippen molar-refractivity contribution in [2.45, 2.75) is 6.54 Å². The van der Waals surface area contributed by atoms with Crippen molar-refractivity contribution >= 4 is 11.4 Å². The molecule has 4 aromatic rings. The maximum atomic E-state index is 12.8. The molecule has 0 unspecified atom stereocenters. The molecular formula is C21H19N5O3. The Bertz CT molecular complexity index is 1200. The second-order valence-corrected chi connectivity index (χ2v) is 6.36. The standard InChI is InChI=1S/C21H19N5O3/c1-29-16-7-5-15(6-8-16)18-14-19-21(28)25(12-13-26(19)24-18)11-10-23-20(27)17-4-2-3-9-22-17/h2-9,12-14H,10-11H2,1H3,(H,23,27). The minimum absolute atomic E-state index is 0.174. The van der Waals surface area contributed by atoms with Gasteiger partial charge in [-0.1, -0.05) is 6.07 Å². The number of benzene rings is 1. The van der Waals surface area contributed by atoms with Crippen LogP contribution in [0.1, 0.15) is 10.5 Å². The molecule has 0 spiro atoms. The molecule has 8 nitrogen and oxygen atoms in total. The molecule has 1 N–H and O–H groups in total. The molecule has 4 rings (SSSR count). The summed E-state index contributed by atoms with van der Waals surface area (Å²) in [6, 6.07) is 14.4. The summed E-state index contributed by atoms with van der Waals surface area (Å²) < 4.78 is 8.28. The van der Waals surface area contributed by atoms with Gasteiger partial charge in [0.25, 0.3) is 11.5 Å². The molecule has 0 aliphatic carbocycles. The van der Waals surface area contributed by atoms with Crippen molar-refractivity contribution in [3.63, 3.8) is 0 Å². The number of amides is 1. The molecule has 29 heavy (non-hydrogen) atoms. The molecule has 0 atom stereocenters. The van der Waals surface area contributed by atoms with Gasteiger partial charge in [-0.2, -0.15) is 5.10 Å². The molecule has 146 valence electrons. The van der Waals surface area contributed by atoms with Gasteiger partial charge in [-0.15, -0.1) is 0 Å². The quantitative estimate of drug-likeness (QED) is 0.545. The van der Waals surface area contributed by atoms with Crippen LogP contribution in [0, 0.1) is 0 Å². The largest absolute Gasteiger partial charge is 0.497 e. The highest BCUT2D eigenvalue weighted by Crippen LogP contribution is 2.21. The van der Waals surface area contributed by atoms with Crippen molar-refractivity contribution in [2.24, 2.45) is 0 Å². The van der Waals surface area contributed by atoms with Crippen molar-refractivity contribution in [3.05, 3.63) is 83.2 Å². The van der Waals surface area contributed by atoms with Gasteiger partial charge in [0, 0.05) is 37.2 Å².